The number of rotatable bonds is 46. The third kappa shape index (κ3) is 46.8. The van der Waals surface area contributed by atoms with E-state index in [-0.39, 0.29) is 31.3 Å². The zero-order valence-corrected chi connectivity index (χ0v) is 42.5. The number of carbonyl (C=O) groups excluding carboxylic acids is 2. The number of hydrogen-bond acceptors (Lipinski definition) is 5. The summed E-state index contributed by atoms with van der Waals surface area (Å²) in [5, 5.41) is 23.8. The monoisotopic (exact) mass is 914 g/mol. The average molecular weight is 914 g/mol. The van der Waals surface area contributed by atoms with E-state index < -0.39 is 18.2 Å². The normalized spacial score (nSPS) is 14.2. The summed E-state index contributed by atoms with van der Waals surface area (Å²) in [6.45, 7) is 6.22. The molecular formula is C60H99NO5. The summed E-state index contributed by atoms with van der Waals surface area (Å²) >= 11 is 0. The van der Waals surface area contributed by atoms with Gasteiger partial charge in [0.25, 0.3) is 0 Å². The van der Waals surface area contributed by atoms with Gasteiger partial charge in [0.2, 0.25) is 5.91 Å². The van der Waals surface area contributed by atoms with Crippen LogP contribution in [0.1, 0.15) is 220 Å². The van der Waals surface area contributed by atoms with E-state index in [0.29, 0.717) is 19.3 Å². The molecule has 0 saturated heterocycles. The van der Waals surface area contributed by atoms with E-state index in [1.807, 2.05) is 6.08 Å². The van der Waals surface area contributed by atoms with Crippen molar-refractivity contribution in [1.29, 1.82) is 0 Å². The molecule has 0 aliphatic rings. The number of unbranched alkanes of at least 4 members (excludes halogenated alkanes) is 14. The van der Waals surface area contributed by atoms with Gasteiger partial charge in [-0.3, -0.25) is 9.59 Å². The van der Waals surface area contributed by atoms with E-state index in [4.69, 9.17) is 4.74 Å². The lowest BCUT2D eigenvalue weighted by molar-refractivity contribution is -0.150. The minimum absolute atomic E-state index is 0.00192. The lowest BCUT2D eigenvalue weighted by atomic mass is 10.0. The van der Waals surface area contributed by atoms with E-state index in [1.165, 1.54) is 70.6 Å². The van der Waals surface area contributed by atoms with Crippen molar-refractivity contribution in [3.8, 4) is 0 Å². The van der Waals surface area contributed by atoms with Crippen molar-refractivity contribution in [3.05, 3.63) is 122 Å². The number of ether oxygens (including phenoxy) is 1. The second-order valence-corrected chi connectivity index (χ2v) is 17.5. The molecule has 0 aromatic heterocycles. The zero-order valence-electron chi connectivity index (χ0n) is 42.5. The first-order chi connectivity index (χ1) is 32.5. The maximum atomic E-state index is 13.2. The van der Waals surface area contributed by atoms with E-state index in [2.05, 4.69) is 142 Å². The lowest BCUT2D eigenvalue weighted by Crippen LogP contribution is -2.46. The van der Waals surface area contributed by atoms with Crippen LogP contribution in [0.5, 0.6) is 0 Å². The summed E-state index contributed by atoms with van der Waals surface area (Å²) in [6.07, 6.45) is 72.7. The summed E-state index contributed by atoms with van der Waals surface area (Å²) in [5.74, 6) is -0.639. The van der Waals surface area contributed by atoms with Crippen LogP contribution in [0.3, 0.4) is 0 Å². The van der Waals surface area contributed by atoms with Gasteiger partial charge in [0.1, 0.15) is 6.10 Å². The first-order valence-corrected chi connectivity index (χ1v) is 26.8. The number of allylic oxidation sites excluding steroid dienone is 20. The van der Waals surface area contributed by atoms with Gasteiger partial charge in [0.05, 0.1) is 25.2 Å². The van der Waals surface area contributed by atoms with Crippen molar-refractivity contribution < 1.29 is 24.5 Å². The van der Waals surface area contributed by atoms with Crippen molar-refractivity contribution >= 4 is 11.9 Å². The van der Waals surface area contributed by atoms with E-state index in [0.717, 1.165) is 96.3 Å². The fourth-order valence-corrected chi connectivity index (χ4v) is 7.33. The molecule has 6 heteroatoms. The third-order valence-corrected chi connectivity index (χ3v) is 11.3. The van der Waals surface area contributed by atoms with Gasteiger partial charge in [-0.1, -0.05) is 232 Å². The van der Waals surface area contributed by atoms with E-state index in [1.54, 1.807) is 0 Å². The third-order valence-electron chi connectivity index (χ3n) is 11.3. The maximum Gasteiger partial charge on any atom is 0.306 e. The molecule has 6 nitrogen and oxygen atoms in total. The molecule has 3 atom stereocenters. The Kier molecular flexibility index (Phi) is 49.3. The maximum absolute atomic E-state index is 13.2. The Balaban J connectivity index is 4.78. The fourth-order valence-electron chi connectivity index (χ4n) is 7.33. The van der Waals surface area contributed by atoms with Crippen molar-refractivity contribution in [2.75, 3.05) is 6.61 Å². The Bertz CT molecular complexity index is 1390. The highest BCUT2D eigenvalue weighted by molar-refractivity contribution is 5.77. The molecule has 0 spiro atoms. The van der Waals surface area contributed by atoms with Crippen LogP contribution in [0.15, 0.2) is 122 Å². The molecule has 374 valence electrons. The predicted molar refractivity (Wildman–Crippen MR) is 286 cm³/mol. The van der Waals surface area contributed by atoms with Crippen molar-refractivity contribution in [1.82, 2.24) is 5.32 Å². The molecule has 0 aliphatic carbocycles. The fraction of sp³-hybridized carbons (Fsp3) is 0.633. The van der Waals surface area contributed by atoms with Crippen LogP contribution in [0.25, 0.3) is 0 Å². The van der Waals surface area contributed by atoms with Gasteiger partial charge in [-0.25, -0.2) is 0 Å². The first kappa shape index (κ1) is 62.3. The number of esters is 1. The highest BCUT2D eigenvalue weighted by Crippen LogP contribution is 2.16. The Hall–Kier alpha value is -3.74. The molecule has 0 rings (SSSR count). The number of nitrogens with one attached hydrogen (secondary N) is 1. The summed E-state index contributed by atoms with van der Waals surface area (Å²) in [7, 11) is 0. The summed E-state index contributed by atoms with van der Waals surface area (Å²) in [6, 6.07) is -0.742. The molecule has 0 radical (unpaired) electrons. The number of carbonyl (C=O) groups is 2. The minimum atomic E-state index is -0.822. The lowest BCUT2D eigenvalue weighted by Gasteiger charge is -2.24. The number of aliphatic hydroxyl groups is 2. The van der Waals surface area contributed by atoms with Gasteiger partial charge >= 0.3 is 5.97 Å². The summed E-state index contributed by atoms with van der Waals surface area (Å²) < 4.78 is 5.87. The second-order valence-electron chi connectivity index (χ2n) is 17.5. The topological polar surface area (TPSA) is 95.9 Å². The smallest absolute Gasteiger partial charge is 0.306 e. The van der Waals surface area contributed by atoms with Crippen molar-refractivity contribution in [2.45, 2.75) is 238 Å². The number of aliphatic hydroxyl groups excluding tert-OH is 2. The molecule has 0 aliphatic heterocycles. The predicted octanol–water partition coefficient (Wildman–Crippen LogP) is 16.5. The number of hydrogen-bond donors (Lipinski definition) is 3. The van der Waals surface area contributed by atoms with Crippen LogP contribution in [-0.2, 0) is 14.3 Å². The molecule has 0 fully saturated rings. The van der Waals surface area contributed by atoms with Crippen LogP contribution in [0, 0.1) is 0 Å². The zero-order chi connectivity index (χ0) is 48.1. The Labute approximate surface area is 406 Å². The summed E-state index contributed by atoms with van der Waals surface area (Å²) in [4.78, 5) is 26.2. The molecule has 0 aromatic rings. The van der Waals surface area contributed by atoms with Gasteiger partial charge in [0, 0.05) is 6.42 Å². The van der Waals surface area contributed by atoms with Crippen LogP contribution >= 0.6 is 0 Å². The van der Waals surface area contributed by atoms with Gasteiger partial charge in [-0.05, 0) is 96.3 Å². The first-order valence-electron chi connectivity index (χ1n) is 26.8. The molecule has 0 heterocycles. The molecule has 1 amide bonds. The molecule has 66 heavy (non-hydrogen) atoms. The van der Waals surface area contributed by atoms with Crippen LogP contribution in [0.2, 0.25) is 0 Å². The highest BCUT2D eigenvalue weighted by Gasteiger charge is 2.23. The van der Waals surface area contributed by atoms with Crippen LogP contribution < -0.4 is 5.32 Å². The van der Waals surface area contributed by atoms with Crippen molar-refractivity contribution in [2.24, 2.45) is 0 Å². The van der Waals surface area contributed by atoms with Gasteiger partial charge in [-0.2, -0.15) is 0 Å². The SMILES string of the molecule is CC/C=C\C/C=C\C/C=C\C/C=C\C/C=C\C/C=C\CCC(=O)OC(CCC/C=C/C/C=C/C/C=C/C/C=C/CC)CC(=O)NC(CO)C(O)CCCCCCCCCCCCCCCC. The molecule has 0 aromatic carbocycles. The van der Waals surface area contributed by atoms with Gasteiger partial charge < -0.3 is 20.3 Å². The average Bonchev–Trinajstić information content (AvgIpc) is 3.31. The summed E-state index contributed by atoms with van der Waals surface area (Å²) in [5.41, 5.74) is 0. The van der Waals surface area contributed by atoms with Crippen LogP contribution in [-0.4, -0.2) is 46.9 Å². The molecule has 0 saturated carbocycles. The van der Waals surface area contributed by atoms with Gasteiger partial charge in [0.15, 0.2) is 0 Å². The molecule has 3 unspecified atom stereocenters. The molecule has 0 bridgehead atoms. The molecule has 3 N–H and O–H groups in total. The Morgan fingerprint density at radius 1 is 0.455 bits per heavy atom. The van der Waals surface area contributed by atoms with Gasteiger partial charge in [-0.15, -0.1) is 0 Å². The standard InChI is InChI=1S/C60H99NO5/c1-4-7-10-13-16-19-22-25-28-29-30-31-32-35-38-41-44-47-50-53-60(65)66-56(51-48-45-42-39-36-33-26-23-20-17-14-11-8-5-2)54-59(64)61-57(55-62)58(63)52-49-46-43-40-37-34-27-24-21-18-15-12-9-6-3/h7-8,10-11,16-17,19-20,25-26,28,30-31,33,35,38-39,42,44,47,56-58,62-63H,4-6,9,12-15,18,21-24,27,29,32,34,36-37,40-41,43,45-46,48-55H2,1-3H3,(H,61,64)/b10-7-,11-8+,19-16-,20-17+,28-25-,31-30-,33-26+,38-35-,42-39+,47-44-. The van der Waals surface area contributed by atoms with Crippen LogP contribution in [0.4, 0.5) is 0 Å². The second kappa shape index (κ2) is 52.2. The number of amides is 1. The highest BCUT2D eigenvalue weighted by atomic mass is 16.5. The van der Waals surface area contributed by atoms with Crippen molar-refractivity contribution in [3.63, 3.8) is 0 Å². The van der Waals surface area contributed by atoms with E-state index >= 15 is 0 Å². The quantitative estimate of drug-likeness (QED) is 0.0321. The van der Waals surface area contributed by atoms with E-state index in [9.17, 15) is 19.8 Å². The Morgan fingerprint density at radius 3 is 1.21 bits per heavy atom. The largest absolute Gasteiger partial charge is 0.462 e. The molecular weight excluding hydrogens is 815 g/mol. The minimum Gasteiger partial charge on any atom is -0.462 e. The Morgan fingerprint density at radius 2 is 0.818 bits per heavy atom.